The molecule has 2 atom stereocenters. The number of ether oxygens (including phenoxy) is 1. The number of carbonyl (C=O) groups excluding carboxylic acids is 1. The number of rotatable bonds is 9. The van der Waals surface area contributed by atoms with Crippen molar-refractivity contribution in [1.82, 2.24) is 0 Å². The van der Waals surface area contributed by atoms with Crippen LogP contribution in [0.15, 0.2) is 0 Å². The van der Waals surface area contributed by atoms with Gasteiger partial charge in [0.1, 0.15) is 5.60 Å². The molecule has 0 aromatic rings. The van der Waals surface area contributed by atoms with Gasteiger partial charge in [-0.3, -0.25) is 4.79 Å². The summed E-state index contributed by atoms with van der Waals surface area (Å²) in [6.45, 7) is 10.1. The standard InChI is InChI=1S/C16H32O3/c1-6-7-8-9-13(2)10-14(12-17)11-15(18)19-16(3,4)5/h13-14,17H,6-12H2,1-5H3/t13-,14+/m1/s1. The fourth-order valence-electron chi connectivity index (χ4n) is 2.27. The number of hydrogen-bond donors (Lipinski definition) is 1. The van der Waals surface area contributed by atoms with Crippen LogP contribution in [0.5, 0.6) is 0 Å². The minimum atomic E-state index is -0.441. The van der Waals surface area contributed by atoms with Crippen molar-refractivity contribution in [2.24, 2.45) is 11.8 Å². The summed E-state index contributed by atoms with van der Waals surface area (Å²) in [5.41, 5.74) is -0.441. The van der Waals surface area contributed by atoms with E-state index in [1.165, 1.54) is 25.7 Å². The Labute approximate surface area is 118 Å². The van der Waals surface area contributed by atoms with Crippen molar-refractivity contribution < 1.29 is 14.6 Å². The van der Waals surface area contributed by atoms with Crippen LogP contribution >= 0.6 is 0 Å². The highest BCUT2D eigenvalue weighted by Gasteiger charge is 2.21. The lowest BCUT2D eigenvalue weighted by atomic mass is 9.90. The Morgan fingerprint density at radius 3 is 2.37 bits per heavy atom. The van der Waals surface area contributed by atoms with Crippen LogP contribution in [0.4, 0.5) is 0 Å². The zero-order chi connectivity index (χ0) is 14.9. The summed E-state index contributed by atoms with van der Waals surface area (Å²) in [6.07, 6.45) is 6.14. The van der Waals surface area contributed by atoms with Gasteiger partial charge >= 0.3 is 5.97 Å². The summed E-state index contributed by atoms with van der Waals surface area (Å²) in [6, 6.07) is 0. The van der Waals surface area contributed by atoms with E-state index in [4.69, 9.17) is 4.74 Å². The third kappa shape index (κ3) is 11.0. The van der Waals surface area contributed by atoms with E-state index in [0.29, 0.717) is 12.3 Å². The third-order valence-corrected chi connectivity index (χ3v) is 3.17. The van der Waals surface area contributed by atoms with E-state index >= 15 is 0 Å². The maximum Gasteiger partial charge on any atom is 0.306 e. The molecule has 0 heterocycles. The molecular weight excluding hydrogens is 240 g/mol. The summed E-state index contributed by atoms with van der Waals surface area (Å²) in [5.74, 6) is 0.393. The minimum absolute atomic E-state index is 0.0338. The minimum Gasteiger partial charge on any atom is -0.460 e. The van der Waals surface area contributed by atoms with E-state index < -0.39 is 5.60 Å². The second-order valence-electron chi connectivity index (χ2n) is 6.68. The number of hydrogen-bond acceptors (Lipinski definition) is 3. The molecule has 0 saturated heterocycles. The van der Waals surface area contributed by atoms with Crippen LogP contribution in [0.2, 0.25) is 0 Å². The predicted octanol–water partition coefficient (Wildman–Crippen LogP) is 3.93. The van der Waals surface area contributed by atoms with Gasteiger partial charge in [0.25, 0.3) is 0 Å². The molecule has 0 spiro atoms. The Balaban J connectivity index is 4.03. The van der Waals surface area contributed by atoms with E-state index in [0.717, 1.165) is 6.42 Å². The second kappa shape index (κ2) is 9.35. The third-order valence-electron chi connectivity index (χ3n) is 3.17. The van der Waals surface area contributed by atoms with Gasteiger partial charge in [-0.2, -0.15) is 0 Å². The first-order valence-electron chi connectivity index (χ1n) is 7.61. The molecule has 0 saturated carbocycles. The lowest BCUT2D eigenvalue weighted by Crippen LogP contribution is -2.26. The van der Waals surface area contributed by atoms with Crippen molar-refractivity contribution >= 4 is 5.97 Å². The molecule has 0 amide bonds. The highest BCUT2D eigenvalue weighted by atomic mass is 16.6. The van der Waals surface area contributed by atoms with Crippen LogP contribution in [0, 0.1) is 11.8 Å². The fraction of sp³-hybridized carbons (Fsp3) is 0.938. The van der Waals surface area contributed by atoms with Gasteiger partial charge in [-0.15, -0.1) is 0 Å². The average Bonchev–Trinajstić information content (AvgIpc) is 2.25. The zero-order valence-electron chi connectivity index (χ0n) is 13.4. The van der Waals surface area contributed by atoms with E-state index in [-0.39, 0.29) is 18.5 Å². The zero-order valence-corrected chi connectivity index (χ0v) is 13.4. The summed E-state index contributed by atoms with van der Waals surface area (Å²) in [4.78, 5) is 11.7. The fourth-order valence-corrected chi connectivity index (χ4v) is 2.27. The molecule has 0 aliphatic rings. The molecule has 1 N–H and O–H groups in total. The van der Waals surface area contributed by atoms with Gasteiger partial charge in [0.15, 0.2) is 0 Å². The normalized spacial score (nSPS) is 15.1. The largest absolute Gasteiger partial charge is 0.460 e. The molecular formula is C16H32O3. The molecule has 0 unspecified atom stereocenters. The van der Waals surface area contributed by atoms with Crippen LogP contribution < -0.4 is 0 Å². The van der Waals surface area contributed by atoms with Crippen molar-refractivity contribution in [2.45, 2.75) is 78.7 Å². The summed E-state index contributed by atoms with van der Waals surface area (Å²) in [7, 11) is 0. The van der Waals surface area contributed by atoms with Crippen LogP contribution in [-0.2, 0) is 9.53 Å². The van der Waals surface area contributed by atoms with Gasteiger partial charge in [-0.25, -0.2) is 0 Å². The van der Waals surface area contributed by atoms with E-state index in [9.17, 15) is 9.90 Å². The Bertz CT molecular complexity index is 243. The molecule has 0 bridgehead atoms. The maximum absolute atomic E-state index is 11.7. The molecule has 3 heteroatoms. The second-order valence-corrected chi connectivity index (χ2v) is 6.68. The number of carbonyl (C=O) groups is 1. The summed E-state index contributed by atoms with van der Waals surface area (Å²) >= 11 is 0. The van der Waals surface area contributed by atoms with Crippen molar-refractivity contribution in [3.63, 3.8) is 0 Å². The van der Waals surface area contributed by atoms with Crippen LogP contribution in [0.25, 0.3) is 0 Å². The number of esters is 1. The Morgan fingerprint density at radius 1 is 1.26 bits per heavy atom. The van der Waals surface area contributed by atoms with Gasteiger partial charge < -0.3 is 9.84 Å². The van der Waals surface area contributed by atoms with E-state index in [1.807, 2.05) is 20.8 Å². The van der Waals surface area contributed by atoms with Crippen LogP contribution in [-0.4, -0.2) is 23.3 Å². The molecule has 3 nitrogen and oxygen atoms in total. The molecule has 0 aromatic carbocycles. The lowest BCUT2D eigenvalue weighted by molar-refractivity contribution is -0.156. The molecule has 0 fully saturated rings. The van der Waals surface area contributed by atoms with Crippen LogP contribution in [0.1, 0.15) is 73.1 Å². The highest BCUT2D eigenvalue weighted by Crippen LogP contribution is 2.22. The topological polar surface area (TPSA) is 46.5 Å². The molecule has 19 heavy (non-hydrogen) atoms. The monoisotopic (exact) mass is 272 g/mol. The van der Waals surface area contributed by atoms with Gasteiger partial charge in [0.05, 0.1) is 6.42 Å². The van der Waals surface area contributed by atoms with Crippen molar-refractivity contribution in [3.05, 3.63) is 0 Å². The lowest BCUT2D eigenvalue weighted by Gasteiger charge is -2.23. The molecule has 0 rings (SSSR count). The number of unbranched alkanes of at least 4 members (excludes halogenated alkanes) is 2. The quantitative estimate of drug-likeness (QED) is 0.511. The van der Waals surface area contributed by atoms with Crippen molar-refractivity contribution in [1.29, 1.82) is 0 Å². The van der Waals surface area contributed by atoms with Gasteiger partial charge in [-0.05, 0) is 39.0 Å². The van der Waals surface area contributed by atoms with Crippen LogP contribution in [0.3, 0.4) is 0 Å². The first-order chi connectivity index (χ1) is 8.78. The van der Waals surface area contributed by atoms with Gasteiger partial charge in [0.2, 0.25) is 0 Å². The van der Waals surface area contributed by atoms with Gasteiger partial charge in [0, 0.05) is 6.61 Å². The molecule has 0 aliphatic heterocycles. The molecule has 114 valence electrons. The Hall–Kier alpha value is -0.570. The van der Waals surface area contributed by atoms with Crippen molar-refractivity contribution in [3.8, 4) is 0 Å². The first-order valence-corrected chi connectivity index (χ1v) is 7.61. The maximum atomic E-state index is 11.7. The van der Waals surface area contributed by atoms with E-state index in [2.05, 4.69) is 13.8 Å². The Kier molecular flexibility index (Phi) is 9.07. The first kappa shape index (κ1) is 18.4. The van der Waals surface area contributed by atoms with E-state index in [1.54, 1.807) is 0 Å². The molecule has 0 aromatic heterocycles. The van der Waals surface area contributed by atoms with Crippen molar-refractivity contribution in [2.75, 3.05) is 6.61 Å². The molecule has 0 aliphatic carbocycles. The average molecular weight is 272 g/mol. The summed E-state index contributed by atoms with van der Waals surface area (Å²) in [5, 5.41) is 9.39. The SMILES string of the molecule is CCCCC[C@@H](C)C[C@H](CO)CC(=O)OC(C)(C)C. The molecule has 0 radical (unpaired) electrons. The predicted molar refractivity (Wildman–Crippen MR) is 79.0 cm³/mol. The number of aliphatic hydroxyl groups is 1. The Morgan fingerprint density at radius 2 is 1.89 bits per heavy atom. The summed E-state index contributed by atoms with van der Waals surface area (Å²) < 4.78 is 5.30. The van der Waals surface area contributed by atoms with Gasteiger partial charge in [-0.1, -0.05) is 39.5 Å². The highest BCUT2D eigenvalue weighted by molar-refractivity contribution is 5.70. The smallest absolute Gasteiger partial charge is 0.306 e. The number of aliphatic hydroxyl groups excluding tert-OH is 1.